The quantitative estimate of drug-likeness (QED) is 0.0122. The van der Waals surface area contributed by atoms with Gasteiger partial charge in [-0.3, -0.25) is 4.79 Å². The highest BCUT2D eigenvalue weighted by atomic mass is 127. The van der Waals surface area contributed by atoms with Crippen molar-refractivity contribution in [3.05, 3.63) is 47.5 Å². The molecule has 0 radical (unpaired) electrons. The molecule has 138 heavy (non-hydrogen) atoms. The highest BCUT2D eigenvalue weighted by molar-refractivity contribution is 14.1. The molecule has 3 heterocycles. The van der Waals surface area contributed by atoms with Crippen molar-refractivity contribution in [1.29, 1.82) is 0 Å². The Balaban J connectivity index is 1.52. The van der Waals surface area contributed by atoms with Crippen molar-refractivity contribution in [3.8, 4) is 0 Å². The first-order chi connectivity index (χ1) is 65.4. The van der Waals surface area contributed by atoms with Gasteiger partial charge in [-0.05, 0) is 254 Å². The molecule has 19 unspecified atom stereocenters. The molecule has 30 heteroatoms. The summed E-state index contributed by atoms with van der Waals surface area (Å²) in [5, 5.41) is 12.2. The minimum atomic E-state index is -3.00. The van der Waals surface area contributed by atoms with E-state index in [4.69, 9.17) is 73.0 Å². The number of benzene rings is 1. The normalized spacial score (nSPS) is 32.8. The van der Waals surface area contributed by atoms with E-state index in [9.17, 15) is 9.90 Å². The lowest BCUT2D eigenvalue weighted by atomic mass is 9.35. The first-order valence-electron chi connectivity index (χ1n) is 56.6. The van der Waals surface area contributed by atoms with Gasteiger partial charge < -0.3 is 82.9 Å². The van der Waals surface area contributed by atoms with Gasteiger partial charge in [0.15, 0.2) is 99.8 Å². The molecule has 3 aliphatic heterocycles. The van der Waals surface area contributed by atoms with Crippen LogP contribution in [0.2, 0.25) is 163 Å². The van der Waals surface area contributed by atoms with Gasteiger partial charge in [-0.1, -0.05) is 300 Å². The number of halogens is 1. The lowest BCUT2D eigenvalue weighted by molar-refractivity contribution is -0.387. The number of hydrogen-bond acceptors (Lipinski definition) is 19. The average Bonchev–Trinajstić information content (AvgIpc) is 0.670. The first-order valence-corrected chi connectivity index (χ1v) is 80.6. The van der Waals surface area contributed by atoms with Crippen LogP contribution in [0.5, 0.6) is 0 Å². The number of carboxylic acids is 1. The lowest BCUT2D eigenvalue weighted by Crippen LogP contribution is -2.72. The van der Waals surface area contributed by atoms with Crippen molar-refractivity contribution in [2.45, 2.75) is 559 Å². The average molecular weight is 2200 g/mol. The molecule has 800 valence electrons. The molecule has 3 saturated heterocycles. The number of rotatable bonds is 59. The van der Waals surface area contributed by atoms with Crippen molar-refractivity contribution in [3.63, 3.8) is 0 Å². The van der Waals surface area contributed by atoms with Crippen LogP contribution in [0, 0.1) is 44.3 Å². The maximum Gasteiger partial charge on any atom is 0.338 e. The third-order valence-electron chi connectivity index (χ3n) is 39.9. The van der Waals surface area contributed by atoms with Gasteiger partial charge in [0, 0.05) is 0 Å². The van der Waals surface area contributed by atoms with Crippen molar-refractivity contribution >= 4 is 116 Å². The summed E-state index contributed by atoms with van der Waals surface area (Å²) in [6.07, 6.45) is -6.88. The summed E-state index contributed by atoms with van der Waals surface area (Å²) in [6.45, 7) is 78.4. The summed E-state index contributed by atoms with van der Waals surface area (Å²) in [6, 6.07) is 33.0. The maximum atomic E-state index is 16.9. The number of alkyl halides is 1. The van der Waals surface area contributed by atoms with Gasteiger partial charge in [-0.25, -0.2) is 4.79 Å². The molecule has 0 spiro atoms. The Morgan fingerprint density at radius 3 is 1.30 bits per heavy atom. The molecule has 7 aliphatic rings. The minimum absolute atomic E-state index is 0.0586. The number of carboxylic acid groups (broad SMARTS) is 1. The number of aldehydes is 1. The van der Waals surface area contributed by atoms with Crippen molar-refractivity contribution < 1.29 is 92.5 Å². The zero-order chi connectivity index (χ0) is 103. The number of aliphatic carboxylic acids is 1. The molecule has 8 rings (SSSR count). The van der Waals surface area contributed by atoms with Crippen LogP contribution in [0.25, 0.3) is 0 Å². The maximum absolute atomic E-state index is 16.9. The Hall–Kier alpha value is -0.348. The Bertz CT molecular complexity index is 3800. The van der Waals surface area contributed by atoms with Gasteiger partial charge in [-0.15, -0.1) is 0 Å². The highest BCUT2D eigenvalue weighted by Crippen LogP contribution is 2.75. The molecule has 1 aromatic rings. The monoisotopic (exact) mass is 2200 g/mol. The summed E-state index contributed by atoms with van der Waals surface area (Å²) in [7, 11) is -23.8. The van der Waals surface area contributed by atoms with Gasteiger partial charge in [0.25, 0.3) is 0 Å². The fraction of sp³-hybridized carbons (Fsp3) is 0.898. The highest BCUT2D eigenvalue weighted by Gasteiger charge is 2.73. The molecule has 0 amide bonds. The van der Waals surface area contributed by atoms with E-state index in [0.717, 1.165) is 170 Å². The predicted molar refractivity (Wildman–Crippen MR) is 595 cm³/mol. The second-order valence-corrected chi connectivity index (χ2v) is 89.4. The SMILES string of the molecule is CC[Si](CC)(CC)OCC1O[C@@H](OC2C(O[C@@H]3OCC(O[Si](CC)(CC)CC)C(O[Si](CC)(CC)CC)C3O[Si](CC)(CC)CC)C(O[Si](CC)(CC)CC)C(C(=O)OCc3ccccc3)O[C@H]2O[C@H]2CCC3(C)C(CCC4(C)C3CC=C3C(I)[C@@](CCC(C)(C)C)(C(=O)O)C(O[Si](CC)(CC)CC)CC34C)C2(C)C=O)C(O[Si](CC)(CC)CC)C(O[Si](CC)(CC)CC)C1O[Si](CC)(CC)CC. The lowest BCUT2D eigenvalue weighted by Gasteiger charge is -2.71. The van der Waals surface area contributed by atoms with Gasteiger partial charge in [0.2, 0.25) is 0 Å². The zero-order valence-electron chi connectivity index (χ0n) is 94.0. The smallest absolute Gasteiger partial charge is 0.338 e. The first kappa shape index (κ1) is 123. The van der Waals surface area contributed by atoms with Gasteiger partial charge in [0.1, 0.15) is 73.2 Å². The Labute approximate surface area is 865 Å². The molecule has 3 saturated carbocycles. The van der Waals surface area contributed by atoms with Crippen LogP contribution in [0.3, 0.4) is 0 Å². The number of carbonyl (C=O) groups excluding carboxylic acids is 2. The van der Waals surface area contributed by atoms with Crippen LogP contribution in [-0.4, -0.2) is 214 Å². The molecule has 0 aromatic heterocycles. The summed E-state index contributed by atoms with van der Waals surface area (Å²) < 4.78 is 130. The number of esters is 1. The Morgan fingerprint density at radius 2 is 0.855 bits per heavy atom. The standard InChI is InChI=1S/C108H205IO20Si9/c1-35-130(36-2,37-3)116-78-82-88(124-133(44-10,45-11)46-12)91(126-135(50-16,51-17)52-18)96(129-138(59-25,60-26)61-27)101(117-82)121-94-90(119-99-95(128-137(56-22,57-23)58-24)89(125-134(47-13,48-14)49-15)83(77-115-99)122-131(38-4,39-5)40-6)92(127-136(53-19,54-20)55-21)93(98(111)114-76-80-65-63-62-64-66-80)120-100(94)118-86-70-71-104(31)84(105(86,32)79-110)69-72-106(33)85(104)68-67-81-97(109)108(102(112)113,74-73-103(28,29)30)87(75-107(81,106)34)123-132(41-7,42-8)43-9/h62-67,79,82-97,99-101H,35-61,68-78H2,1-34H3,(H,112,113)/t82?,83?,84?,85?,86-,87?,88?,89?,90?,91?,92?,93?,94?,95?,96?,97?,99-,100+,101-,104?,105?,106?,107?,108-/m0/s1. The topological polar surface area (TPSA) is 219 Å². The third-order valence-corrected chi connectivity index (χ3v) is 83.5. The van der Waals surface area contributed by atoms with E-state index in [0.29, 0.717) is 50.2 Å². The van der Waals surface area contributed by atoms with Crippen LogP contribution in [0.4, 0.5) is 0 Å². The fourth-order valence-corrected chi connectivity index (χ4v) is 54.3. The fourth-order valence-electron chi connectivity index (χ4n) is 27.0. The van der Waals surface area contributed by atoms with E-state index in [2.05, 4.69) is 264 Å². The Morgan fingerprint density at radius 1 is 0.449 bits per heavy atom. The number of allylic oxidation sites excluding steroid dienone is 2. The number of hydrogen-bond donors (Lipinski definition) is 1. The number of carbonyl (C=O) groups is 3. The van der Waals surface area contributed by atoms with E-state index in [1.165, 1.54) is 11.9 Å². The summed E-state index contributed by atoms with van der Waals surface area (Å²) >= 11 is 2.58. The van der Waals surface area contributed by atoms with Crippen LogP contribution < -0.4 is 0 Å². The van der Waals surface area contributed by atoms with Gasteiger partial charge >= 0.3 is 11.9 Å². The minimum Gasteiger partial charge on any atom is -0.481 e. The van der Waals surface area contributed by atoms with E-state index >= 15 is 9.59 Å². The zero-order valence-corrected chi connectivity index (χ0v) is 105. The van der Waals surface area contributed by atoms with E-state index in [-0.39, 0.29) is 46.4 Å². The van der Waals surface area contributed by atoms with E-state index < -0.39 is 207 Å². The number of fused-ring (bicyclic) bond motifs is 5. The molecule has 20 nitrogen and oxygen atoms in total. The van der Waals surface area contributed by atoms with E-state index in [1.54, 1.807) is 0 Å². The van der Waals surface area contributed by atoms with Crippen LogP contribution in [-0.2, 0) is 94.0 Å². The summed E-state index contributed by atoms with van der Waals surface area (Å²) in [5.74, 6) is -1.55. The molecular weight excluding hydrogens is 2000 g/mol. The molecule has 1 N–H and O–H groups in total. The van der Waals surface area contributed by atoms with Crippen molar-refractivity contribution in [1.82, 2.24) is 0 Å². The van der Waals surface area contributed by atoms with Crippen LogP contribution in [0.1, 0.15) is 292 Å². The molecule has 1 aromatic carbocycles. The van der Waals surface area contributed by atoms with Crippen LogP contribution in [0.15, 0.2) is 42.0 Å². The second kappa shape index (κ2) is 52.1. The molecular formula is C108H205IO20Si9. The largest absolute Gasteiger partial charge is 0.481 e. The summed E-state index contributed by atoms with van der Waals surface area (Å²) in [5.41, 5.74) is -1.64. The Kier molecular flexibility index (Phi) is 46.4. The van der Waals surface area contributed by atoms with E-state index in [1.807, 2.05) is 30.3 Å². The molecule has 4 aliphatic carbocycles. The molecule has 0 bridgehead atoms. The molecule has 24 atom stereocenters. The number of ether oxygens (including phenoxy) is 7. The molecule has 6 fully saturated rings. The second-order valence-electron chi connectivity index (χ2n) is 45.6. The van der Waals surface area contributed by atoms with Crippen LogP contribution >= 0.6 is 22.6 Å². The van der Waals surface area contributed by atoms with Gasteiger partial charge in [0.05, 0.1) is 40.9 Å². The van der Waals surface area contributed by atoms with Crippen molar-refractivity contribution in [2.24, 2.45) is 44.3 Å². The van der Waals surface area contributed by atoms with Crippen molar-refractivity contribution in [2.75, 3.05) is 13.2 Å². The third kappa shape index (κ3) is 25.3. The predicted octanol–water partition coefficient (Wildman–Crippen LogP) is 29.3. The summed E-state index contributed by atoms with van der Waals surface area (Å²) in [4.78, 5) is 47.7. The van der Waals surface area contributed by atoms with Gasteiger partial charge in [-0.2, -0.15) is 0 Å².